The summed E-state index contributed by atoms with van der Waals surface area (Å²) in [6.07, 6.45) is 6.18. The zero-order valence-corrected chi connectivity index (χ0v) is 14.3. The van der Waals surface area contributed by atoms with Crippen LogP contribution in [0.4, 0.5) is 11.6 Å². The summed E-state index contributed by atoms with van der Waals surface area (Å²) in [4.78, 5) is 20.9. The van der Waals surface area contributed by atoms with Crippen molar-refractivity contribution < 1.29 is 0 Å². The van der Waals surface area contributed by atoms with Crippen molar-refractivity contribution in [3.63, 3.8) is 0 Å². The van der Waals surface area contributed by atoms with Gasteiger partial charge in [0, 0.05) is 38.6 Å². The maximum absolute atomic E-state index is 9.01. The highest BCUT2D eigenvalue weighted by molar-refractivity contribution is 5.87. The van der Waals surface area contributed by atoms with Crippen molar-refractivity contribution in [1.82, 2.24) is 19.9 Å². The molecule has 7 nitrogen and oxygen atoms in total. The van der Waals surface area contributed by atoms with E-state index in [1.807, 2.05) is 25.3 Å². The summed E-state index contributed by atoms with van der Waals surface area (Å²) in [6, 6.07) is 6.40. The summed E-state index contributed by atoms with van der Waals surface area (Å²) in [5.74, 6) is 1.91. The smallest absolute Gasteiger partial charge is 0.142 e. The lowest BCUT2D eigenvalue weighted by molar-refractivity contribution is 0.682. The summed E-state index contributed by atoms with van der Waals surface area (Å²) in [5.41, 5.74) is 2.49. The van der Waals surface area contributed by atoms with Crippen LogP contribution in [0.2, 0.25) is 0 Å². The van der Waals surface area contributed by atoms with Gasteiger partial charge in [-0.15, -0.1) is 0 Å². The van der Waals surface area contributed by atoms with Crippen molar-refractivity contribution in [3.05, 3.63) is 42.0 Å². The molecule has 4 heterocycles. The molecule has 1 aliphatic rings. The molecule has 0 saturated carbocycles. The fraction of sp³-hybridized carbons (Fsp3) is 0.333. The molecule has 25 heavy (non-hydrogen) atoms. The van der Waals surface area contributed by atoms with Crippen LogP contribution in [0.5, 0.6) is 0 Å². The Labute approximate surface area is 145 Å². The Kier molecular flexibility index (Phi) is 3.73. The van der Waals surface area contributed by atoms with E-state index >= 15 is 0 Å². The van der Waals surface area contributed by atoms with Gasteiger partial charge in [-0.2, -0.15) is 5.26 Å². The molecule has 1 fully saturated rings. The van der Waals surface area contributed by atoms with Crippen molar-refractivity contribution >= 4 is 22.7 Å². The molecule has 0 radical (unpaired) electrons. The standard InChI is InChI=1S/C18H19N7/c1-12-7-13(8-19)9-21-17(12)24(2)14-4-6-25(10-14)18-15-3-5-20-16(15)22-11-23-18/h3,5,7,9,11,14H,4,6,10H2,1-2H3,(H,20,22,23). The van der Waals surface area contributed by atoms with E-state index in [1.54, 1.807) is 12.5 Å². The molecule has 0 amide bonds. The number of nitriles is 1. The first-order chi connectivity index (χ1) is 12.2. The van der Waals surface area contributed by atoms with E-state index in [9.17, 15) is 0 Å². The second-order valence-corrected chi connectivity index (χ2v) is 6.41. The predicted octanol–water partition coefficient (Wildman–Crippen LogP) is 2.25. The molecule has 126 valence electrons. The largest absolute Gasteiger partial charge is 0.355 e. The normalized spacial score (nSPS) is 17.0. The lowest BCUT2D eigenvalue weighted by Gasteiger charge is -2.27. The van der Waals surface area contributed by atoms with Crippen molar-refractivity contribution in [2.24, 2.45) is 0 Å². The van der Waals surface area contributed by atoms with Gasteiger partial charge in [0.25, 0.3) is 0 Å². The van der Waals surface area contributed by atoms with E-state index in [2.05, 4.69) is 42.9 Å². The van der Waals surface area contributed by atoms with Gasteiger partial charge >= 0.3 is 0 Å². The van der Waals surface area contributed by atoms with Crippen molar-refractivity contribution in [3.8, 4) is 6.07 Å². The minimum absolute atomic E-state index is 0.350. The lowest BCUT2D eigenvalue weighted by Crippen LogP contribution is -2.35. The van der Waals surface area contributed by atoms with Crippen LogP contribution in [0.1, 0.15) is 17.5 Å². The maximum Gasteiger partial charge on any atom is 0.142 e. The van der Waals surface area contributed by atoms with E-state index in [0.29, 0.717) is 11.6 Å². The summed E-state index contributed by atoms with van der Waals surface area (Å²) in [7, 11) is 2.07. The number of fused-ring (bicyclic) bond motifs is 1. The number of likely N-dealkylation sites (N-methyl/N-ethyl adjacent to an activating group) is 1. The fourth-order valence-electron chi connectivity index (χ4n) is 3.53. The molecule has 1 saturated heterocycles. The quantitative estimate of drug-likeness (QED) is 0.791. The minimum atomic E-state index is 0.350. The Hall–Kier alpha value is -3.14. The summed E-state index contributed by atoms with van der Waals surface area (Å²) < 4.78 is 0. The number of aromatic nitrogens is 4. The number of H-pyrrole nitrogens is 1. The van der Waals surface area contributed by atoms with Crippen LogP contribution in [0.15, 0.2) is 30.9 Å². The van der Waals surface area contributed by atoms with Crippen LogP contribution in [0.3, 0.4) is 0 Å². The van der Waals surface area contributed by atoms with Gasteiger partial charge in [-0.05, 0) is 31.0 Å². The van der Waals surface area contributed by atoms with E-state index in [0.717, 1.165) is 47.7 Å². The highest BCUT2D eigenvalue weighted by atomic mass is 15.3. The molecule has 0 spiro atoms. The predicted molar refractivity (Wildman–Crippen MR) is 96.6 cm³/mol. The highest BCUT2D eigenvalue weighted by Gasteiger charge is 2.29. The molecule has 1 aliphatic heterocycles. The van der Waals surface area contributed by atoms with Gasteiger partial charge in [0.15, 0.2) is 0 Å². The van der Waals surface area contributed by atoms with Gasteiger partial charge in [-0.3, -0.25) is 0 Å². The van der Waals surface area contributed by atoms with E-state index < -0.39 is 0 Å². The summed E-state index contributed by atoms with van der Waals surface area (Å²) >= 11 is 0. The molecular formula is C18H19N7. The highest BCUT2D eigenvalue weighted by Crippen LogP contribution is 2.29. The topological polar surface area (TPSA) is 84.7 Å². The Balaban J connectivity index is 1.56. The molecule has 0 bridgehead atoms. The van der Waals surface area contributed by atoms with Gasteiger partial charge < -0.3 is 14.8 Å². The minimum Gasteiger partial charge on any atom is -0.355 e. The summed E-state index contributed by atoms with van der Waals surface area (Å²) in [5, 5.41) is 10.1. The number of rotatable bonds is 3. The third-order valence-corrected chi connectivity index (χ3v) is 4.86. The molecule has 4 rings (SSSR count). The molecule has 0 aromatic carbocycles. The molecule has 3 aromatic rings. The molecule has 0 aliphatic carbocycles. The first-order valence-electron chi connectivity index (χ1n) is 8.30. The average Bonchev–Trinajstić information content (AvgIpc) is 3.30. The second-order valence-electron chi connectivity index (χ2n) is 6.41. The SMILES string of the molecule is Cc1cc(C#N)cnc1N(C)C1CCN(c2ncnc3[nH]ccc23)C1. The molecule has 3 aromatic heterocycles. The molecule has 7 heteroatoms. The van der Waals surface area contributed by atoms with E-state index in [1.165, 1.54) is 0 Å². The monoisotopic (exact) mass is 333 g/mol. The number of hydrogen-bond donors (Lipinski definition) is 1. The maximum atomic E-state index is 9.01. The van der Waals surface area contributed by atoms with Crippen LogP contribution in [0, 0.1) is 18.3 Å². The zero-order valence-electron chi connectivity index (χ0n) is 14.3. The van der Waals surface area contributed by atoms with Gasteiger partial charge in [0.05, 0.1) is 10.9 Å². The number of nitrogens with one attached hydrogen (secondary N) is 1. The van der Waals surface area contributed by atoms with Crippen molar-refractivity contribution in [1.29, 1.82) is 5.26 Å². The number of pyridine rings is 1. The van der Waals surface area contributed by atoms with Crippen LogP contribution < -0.4 is 9.80 Å². The number of aryl methyl sites for hydroxylation is 1. The number of aromatic amines is 1. The second kappa shape index (κ2) is 6.06. The molecule has 1 unspecified atom stereocenters. The van der Waals surface area contributed by atoms with Crippen LogP contribution in [0.25, 0.3) is 11.0 Å². The van der Waals surface area contributed by atoms with Gasteiger partial charge in [-0.1, -0.05) is 0 Å². The van der Waals surface area contributed by atoms with Crippen molar-refractivity contribution in [2.45, 2.75) is 19.4 Å². The van der Waals surface area contributed by atoms with E-state index in [4.69, 9.17) is 5.26 Å². The zero-order chi connectivity index (χ0) is 17.4. The van der Waals surface area contributed by atoms with E-state index in [-0.39, 0.29) is 0 Å². The third kappa shape index (κ3) is 2.66. The number of hydrogen-bond acceptors (Lipinski definition) is 6. The molecule has 1 atom stereocenters. The first-order valence-corrected chi connectivity index (χ1v) is 8.30. The Morgan fingerprint density at radius 1 is 1.36 bits per heavy atom. The van der Waals surface area contributed by atoms with Crippen LogP contribution >= 0.6 is 0 Å². The first kappa shape index (κ1) is 15.4. The Morgan fingerprint density at radius 2 is 2.24 bits per heavy atom. The fourth-order valence-corrected chi connectivity index (χ4v) is 3.53. The Morgan fingerprint density at radius 3 is 3.04 bits per heavy atom. The van der Waals surface area contributed by atoms with Gasteiger partial charge in [-0.25, -0.2) is 15.0 Å². The summed E-state index contributed by atoms with van der Waals surface area (Å²) in [6.45, 7) is 3.83. The average molecular weight is 333 g/mol. The third-order valence-electron chi connectivity index (χ3n) is 4.86. The lowest BCUT2D eigenvalue weighted by atomic mass is 10.1. The van der Waals surface area contributed by atoms with Crippen LogP contribution in [-0.4, -0.2) is 46.1 Å². The van der Waals surface area contributed by atoms with Gasteiger partial charge in [0.2, 0.25) is 0 Å². The van der Waals surface area contributed by atoms with Gasteiger partial charge in [0.1, 0.15) is 29.7 Å². The molecule has 1 N–H and O–H groups in total. The van der Waals surface area contributed by atoms with Crippen LogP contribution in [-0.2, 0) is 0 Å². The van der Waals surface area contributed by atoms with Crippen molar-refractivity contribution in [2.75, 3.05) is 29.9 Å². The number of nitrogens with zero attached hydrogens (tertiary/aromatic N) is 6. The molecular weight excluding hydrogens is 314 g/mol. The Bertz CT molecular complexity index is 955. The number of anilines is 2.